The zero-order chi connectivity index (χ0) is 16.7. The zero-order valence-electron chi connectivity index (χ0n) is 14.3. The Bertz CT molecular complexity index is 753. The average molecular weight is 328 g/mol. The summed E-state index contributed by atoms with van der Waals surface area (Å²) in [6.45, 7) is 5.45. The van der Waals surface area contributed by atoms with Crippen LogP contribution in [0.4, 0.5) is 0 Å². The number of ether oxygens (including phenoxy) is 1. The second kappa shape index (κ2) is 6.16. The van der Waals surface area contributed by atoms with Crippen molar-refractivity contribution < 1.29 is 9.53 Å². The summed E-state index contributed by atoms with van der Waals surface area (Å²) in [6, 6.07) is 2.39. The molecule has 0 bridgehead atoms. The molecule has 2 aliphatic rings. The van der Waals surface area contributed by atoms with E-state index in [1.807, 2.05) is 15.6 Å². The monoisotopic (exact) mass is 328 g/mol. The number of carbonyl (C=O) groups is 1. The van der Waals surface area contributed by atoms with E-state index in [4.69, 9.17) is 4.74 Å². The lowest BCUT2D eigenvalue weighted by molar-refractivity contribution is -0.0752. The van der Waals surface area contributed by atoms with E-state index in [0.717, 1.165) is 23.9 Å². The summed E-state index contributed by atoms with van der Waals surface area (Å²) >= 11 is 0. The topological polar surface area (TPSA) is 60.2 Å². The van der Waals surface area contributed by atoms with Gasteiger partial charge in [-0.1, -0.05) is 12.8 Å². The third-order valence-electron chi connectivity index (χ3n) is 5.16. The summed E-state index contributed by atoms with van der Waals surface area (Å²) in [5, 5.41) is 5.30. The van der Waals surface area contributed by atoms with Crippen LogP contribution >= 0.6 is 0 Å². The van der Waals surface area contributed by atoms with Gasteiger partial charge >= 0.3 is 0 Å². The maximum Gasteiger partial charge on any atom is 0.255 e. The lowest BCUT2D eigenvalue weighted by Gasteiger charge is -2.43. The number of pyridine rings is 1. The van der Waals surface area contributed by atoms with Crippen molar-refractivity contribution in [3.05, 3.63) is 24.0 Å². The van der Waals surface area contributed by atoms with Crippen molar-refractivity contribution in [1.29, 1.82) is 0 Å². The van der Waals surface area contributed by atoms with Crippen LogP contribution in [0.5, 0.6) is 0 Å². The van der Waals surface area contributed by atoms with Crippen molar-refractivity contribution in [2.45, 2.75) is 57.7 Å². The van der Waals surface area contributed by atoms with Gasteiger partial charge in [0.2, 0.25) is 0 Å². The van der Waals surface area contributed by atoms with Gasteiger partial charge in [-0.3, -0.25) is 4.79 Å². The molecule has 0 N–H and O–H groups in total. The number of hydrogen-bond donors (Lipinski definition) is 0. The number of amides is 1. The van der Waals surface area contributed by atoms with Crippen LogP contribution in [-0.4, -0.2) is 50.9 Å². The highest BCUT2D eigenvalue weighted by Crippen LogP contribution is 2.29. The molecule has 2 unspecified atom stereocenters. The quantitative estimate of drug-likeness (QED) is 0.850. The van der Waals surface area contributed by atoms with E-state index in [-0.39, 0.29) is 24.1 Å². The second-order valence-corrected chi connectivity index (χ2v) is 7.08. The first-order chi connectivity index (χ1) is 11.6. The largest absolute Gasteiger partial charge is 0.374 e. The highest BCUT2D eigenvalue weighted by Gasteiger charge is 2.37. The Morgan fingerprint density at radius 3 is 2.96 bits per heavy atom. The molecule has 1 saturated carbocycles. The molecular weight excluding hydrogens is 304 g/mol. The first kappa shape index (κ1) is 15.6. The smallest absolute Gasteiger partial charge is 0.255 e. The van der Waals surface area contributed by atoms with E-state index in [9.17, 15) is 4.79 Å². The summed E-state index contributed by atoms with van der Waals surface area (Å²) < 4.78 is 7.76. The van der Waals surface area contributed by atoms with Gasteiger partial charge in [0, 0.05) is 24.2 Å². The Labute approximate surface area is 141 Å². The normalized spacial score (nSPS) is 24.4. The number of fused-ring (bicyclic) bond motifs is 2. The second-order valence-electron chi connectivity index (χ2n) is 7.08. The van der Waals surface area contributed by atoms with E-state index >= 15 is 0 Å². The standard InChI is InChI=1S/C18H24N4O2/c1-12(2)22-17-13(11-20-22)9-14(10-19-17)18(23)21-7-8-24-16-6-4-3-5-15(16)21/h9-12,15-16H,3-8H2,1-2H3. The fraction of sp³-hybridized carbons (Fsp3) is 0.611. The summed E-state index contributed by atoms with van der Waals surface area (Å²) in [5.41, 5.74) is 1.48. The van der Waals surface area contributed by atoms with Crippen LogP contribution in [0.25, 0.3) is 11.0 Å². The number of rotatable bonds is 2. The number of hydrogen-bond acceptors (Lipinski definition) is 4. The Morgan fingerprint density at radius 2 is 2.12 bits per heavy atom. The molecule has 1 aliphatic heterocycles. The number of morpholine rings is 1. The molecule has 0 aromatic carbocycles. The zero-order valence-corrected chi connectivity index (χ0v) is 14.3. The lowest BCUT2D eigenvalue weighted by Crippen LogP contribution is -2.54. The van der Waals surface area contributed by atoms with Gasteiger partial charge in [0.05, 0.1) is 30.5 Å². The summed E-state index contributed by atoms with van der Waals surface area (Å²) in [5.74, 6) is 0.0712. The molecule has 128 valence electrons. The van der Waals surface area contributed by atoms with Gasteiger partial charge in [-0.05, 0) is 32.8 Å². The van der Waals surface area contributed by atoms with Gasteiger partial charge in [-0.2, -0.15) is 5.10 Å². The molecule has 1 amide bonds. The van der Waals surface area contributed by atoms with Crippen LogP contribution in [-0.2, 0) is 4.74 Å². The highest BCUT2D eigenvalue weighted by atomic mass is 16.5. The van der Waals surface area contributed by atoms with E-state index in [2.05, 4.69) is 23.9 Å². The summed E-state index contributed by atoms with van der Waals surface area (Å²) in [6.07, 6.45) is 8.17. The Morgan fingerprint density at radius 1 is 1.29 bits per heavy atom. The molecular formula is C18H24N4O2. The molecule has 2 aromatic rings. The molecule has 1 aliphatic carbocycles. The van der Waals surface area contributed by atoms with Gasteiger partial charge in [0.25, 0.3) is 5.91 Å². The van der Waals surface area contributed by atoms with Crippen LogP contribution in [0.3, 0.4) is 0 Å². The fourth-order valence-corrected chi connectivity index (χ4v) is 3.95. The van der Waals surface area contributed by atoms with Gasteiger partial charge in [-0.15, -0.1) is 0 Å². The molecule has 6 nitrogen and oxygen atoms in total. The van der Waals surface area contributed by atoms with E-state index < -0.39 is 0 Å². The number of carbonyl (C=O) groups excluding carboxylic acids is 1. The maximum atomic E-state index is 13.0. The molecule has 2 fully saturated rings. The minimum absolute atomic E-state index is 0.0712. The molecule has 2 atom stereocenters. The number of nitrogens with zero attached hydrogens (tertiary/aromatic N) is 4. The molecule has 3 heterocycles. The van der Waals surface area contributed by atoms with Gasteiger partial charge in [0.1, 0.15) is 0 Å². The van der Waals surface area contributed by atoms with Crippen LogP contribution in [0.2, 0.25) is 0 Å². The molecule has 0 radical (unpaired) electrons. The van der Waals surface area contributed by atoms with Crippen molar-refractivity contribution in [3.63, 3.8) is 0 Å². The van der Waals surface area contributed by atoms with Gasteiger partial charge < -0.3 is 9.64 Å². The number of aromatic nitrogens is 3. The molecule has 4 rings (SSSR count). The van der Waals surface area contributed by atoms with Crippen LogP contribution in [0.1, 0.15) is 55.9 Å². The van der Waals surface area contributed by atoms with Gasteiger partial charge in [-0.25, -0.2) is 9.67 Å². The van der Waals surface area contributed by atoms with Gasteiger partial charge in [0.15, 0.2) is 5.65 Å². The summed E-state index contributed by atoms with van der Waals surface area (Å²) in [4.78, 5) is 19.5. The predicted molar refractivity (Wildman–Crippen MR) is 90.9 cm³/mol. The highest BCUT2D eigenvalue weighted by molar-refractivity contribution is 5.97. The minimum atomic E-state index is 0.0712. The van der Waals surface area contributed by atoms with Crippen LogP contribution in [0.15, 0.2) is 18.5 Å². The SMILES string of the molecule is CC(C)n1ncc2cc(C(=O)N3CCOC4CCCCC43)cnc21. The predicted octanol–water partition coefficient (Wildman–Crippen LogP) is 2.80. The fourth-order valence-electron chi connectivity index (χ4n) is 3.95. The average Bonchev–Trinajstić information content (AvgIpc) is 3.04. The maximum absolute atomic E-state index is 13.0. The van der Waals surface area contributed by atoms with Crippen LogP contribution < -0.4 is 0 Å². The Kier molecular flexibility index (Phi) is 4.00. The first-order valence-corrected chi connectivity index (χ1v) is 8.91. The Balaban J connectivity index is 1.62. The van der Waals surface area contributed by atoms with Crippen molar-refractivity contribution in [2.24, 2.45) is 0 Å². The van der Waals surface area contributed by atoms with E-state index in [1.165, 1.54) is 12.8 Å². The van der Waals surface area contributed by atoms with Crippen molar-refractivity contribution in [1.82, 2.24) is 19.7 Å². The van der Waals surface area contributed by atoms with Crippen molar-refractivity contribution in [3.8, 4) is 0 Å². The van der Waals surface area contributed by atoms with E-state index in [0.29, 0.717) is 18.7 Å². The molecule has 1 saturated heterocycles. The summed E-state index contributed by atoms with van der Waals surface area (Å²) in [7, 11) is 0. The molecule has 24 heavy (non-hydrogen) atoms. The van der Waals surface area contributed by atoms with Crippen molar-refractivity contribution in [2.75, 3.05) is 13.2 Å². The third-order valence-corrected chi connectivity index (χ3v) is 5.16. The lowest BCUT2D eigenvalue weighted by atomic mass is 9.90. The molecule has 6 heteroatoms. The Hall–Kier alpha value is -1.95. The van der Waals surface area contributed by atoms with E-state index in [1.54, 1.807) is 12.4 Å². The minimum Gasteiger partial charge on any atom is -0.374 e. The third kappa shape index (κ3) is 2.59. The molecule has 2 aromatic heterocycles. The molecule has 0 spiro atoms. The van der Waals surface area contributed by atoms with Crippen LogP contribution in [0, 0.1) is 0 Å². The first-order valence-electron chi connectivity index (χ1n) is 8.91. The van der Waals surface area contributed by atoms with Crippen molar-refractivity contribution >= 4 is 16.9 Å².